The second-order valence-corrected chi connectivity index (χ2v) is 2.61. The van der Waals surface area contributed by atoms with E-state index in [0.29, 0.717) is 5.92 Å². The molecule has 0 saturated carbocycles. The Morgan fingerprint density at radius 3 is 1.21 bits per heavy atom. The summed E-state index contributed by atoms with van der Waals surface area (Å²) < 4.78 is 0. The normalized spacial score (nSPS) is 7.00. The van der Waals surface area contributed by atoms with Gasteiger partial charge >= 0.3 is 17.1 Å². The average Bonchev–Trinajstić information content (AvgIpc) is 1.84. The molecule has 0 saturated heterocycles. The first-order valence-electron chi connectivity index (χ1n) is 3.79. The van der Waals surface area contributed by atoms with Crippen molar-refractivity contribution in [1.82, 2.24) is 0 Å². The molecule has 6 heteroatoms. The van der Waals surface area contributed by atoms with Gasteiger partial charge in [-0.25, -0.2) is 0 Å². The van der Waals surface area contributed by atoms with Crippen molar-refractivity contribution < 1.29 is 36.9 Å². The number of hydrogen-bond donors (Lipinski definition) is 1. The molecule has 0 aliphatic carbocycles. The average molecular weight is 255 g/mol. The van der Waals surface area contributed by atoms with Gasteiger partial charge < -0.3 is 25.5 Å². The van der Waals surface area contributed by atoms with Gasteiger partial charge in [0, 0.05) is 11.9 Å². The molecule has 0 amide bonds. The Morgan fingerprint density at radius 1 is 1.14 bits per heavy atom. The molecule has 2 N–H and O–H groups in total. The fourth-order valence-electron chi connectivity index (χ4n) is 0. The summed E-state index contributed by atoms with van der Waals surface area (Å²) in [6.07, 6.45) is 0. The van der Waals surface area contributed by atoms with E-state index in [4.69, 9.17) is 25.5 Å². The summed E-state index contributed by atoms with van der Waals surface area (Å²) in [5.41, 5.74) is 5.17. The number of hydrogen-bond acceptors (Lipinski definition) is 5. The van der Waals surface area contributed by atoms with Crippen LogP contribution < -0.4 is 15.9 Å². The molecule has 0 fully saturated rings. The summed E-state index contributed by atoms with van der Waals surface area (Å²) in [6.45, 7) is 6.94. The standard InChI is InChI=1S/C4H11N.2C2H4O2.Cu/c1-4(2)3-5;2*1-2(3)4;/h4H,3,5H2,1-2H3;2*1H3,(H,3,4);/q;;;+2/p-2. The van der Waals surface area contributed by atoms with Crippen LogP contribution in [-0.4, -0.2) is 18.5 Å². The zero-order valence-electron chi connectivity index (χ0n) is 8.80. The van der Waals surface area contributed by atoms with Crippen molar-refractivity contribution in [3.05, 3.63) is 0 Å². The van der Waals surface area contributed by atoms with Crippen LogP contribution in [0.1, 0.15) is 27.7 Å². The quantitative estimate of drug-likeness (QED) is 0.551. The summed E-state index contributed by atoms with van der Waals surface area (Å²) in [7, 11) is 0. The summed E-state index contributed by atoms with van der Waals surface area (Å²) in [5, 5.41) is 17.8. The number of aliphatic carboxylic acids is 2. The molecule has 0 heterocycles. The molecule has 0 rings (SSSR count). The van der Waals surface area contributed by atoms with Crippen LogP contribution in [0.2, 0.25) is 0 Å². The molecule has 0 aromatic rings. The third-order valence-corrected chi connectivity index (χ3v) is 0.471. The third-order valence-electron chi connectivity index (χ3n) is 0.471. The maximum absolute atomic E-state index is 8.89. The number of rotatable bonds is 1. The zero-order valence-corrected chi connectivity index (χ0v) is 9.74. The van der Waals surface area contributed by atoms with E-state index in [0.717, 1.165) is 20.4 Å². The van der Waals surface area contributed by atoms with E-state index in [2.05, 4.69) is 13.8 Å². The number of carbonyl (C=O) groups is 2. The Hall–Kier alpha value is -0.581. The molecule has 0 aromatic carbocycles. The molecule has 0 aromatic heterocycles. The van der Waals surface area contributed by atoms with Crippen LogP contribution in [0.3, 0.4) is 0 Å². The molecule has 0 spiro atoms. The predicted molar refractivity (Wildman–Crippen MR) is 45.3 cm³/mol. The van der Waals surface area contributed by atoms with Crippen LogP contribution in [0.5, 0.6) is 0 Å². The van der Waals surface area contributed by atoms with Gasteiger partial charge in [-0.1, -0.05) is 13.8 Å². The molecule has 0 aliphatic heterocycles. The Labute approximate surface area is 95.2 Å². The molecule has 0 unspecified atom stereocenters. The van der Waals surface area contributed by atoms with Crippen LogP contribution in [0.4, 0.5) is 0 Å². The topological polar surface area (TPSA) is 106 Å². The zero-order chi connectivity index (χ0) is 11.4. The second-order valence-electron chi connectivity index (χ2n) is 2.61. The monoisotopic (exact) mass is 254 g/mol. The van der Waals surface area contributed by atoms with Crippen molar-refractivity contribution in [3.8, 4) is 0 Å². The first kappa shape index (κ1) is 23.3. The molecule has 0 atom stereocenters. The Morgan fingerprint density at radius 2 is 1.21 bits per heavy atom. The number of carboxylic acids is 2. The van der Waals surface area contributed by atoms with Gasteiger partial charge in [0.05, 0.1) is 0 Å². The number of carboxylic acid groups (broad SMARTS) is 2. The van der Waals surface area contributed by atoms with E-state index >= 15 is 0 Å². The summed E-state index contributed by atoms with van der Waals surface area (Å²) in [4.78, 5) is 17.8. The van der Waals surface area contributed by atoms with Gasteiger partial charge in [-0.05, 0) is 26.3 Å². The molecule has 14 heavy (non-hydrogen) atoms. The van der Waals surface area contributed by atoms with E-state index in [9.17, 15) is 0 Å². The van der Waals surface area contributed by atoms with E-state index in [1.54, 1.807) is 0 Å². The SMILES string of the molecule is CC(=O)[O-].CC(=O)[O-].CC(C)CN.[Cu+2]. The molecule has 5 nitrogen and oxygen atoms in total. The fourth-order valence-corrected chi connectivity index (χ4v) is 0. The molecule has 0 bridgehead atoms. The minimum atomic E-state index is -1.08. The maximum atomic E-state index is 8.89. The van der Waals surface area contributed by atoms with Crippen LogP contribution in [0.25, 0.3) is 0 Å². The number of carbonyl (C=O) groups excluding carboxylic acids is 2. The predicted octanol–water partition coefficient (Wildman–Crippen LogP) is -1.89. The minimum absolute atomic E-state index is 0. The van der Waals surface area contributed by atoms with Gasteiger partial charge in [-0.15, -0.1) is 0 Å². The van der Waals surface area contributed by atoms with Crippen molar-refractivity contribution in [2.45, 2.75) is 27.7 Å². The Bertz CT molecular complexity index is 119. The van der Waals surface area contributed by atoms with E-state index < -0.39 is 11.9 Å². The van der Waals surface area contributed by atoms with Gasteiger partial charge in [0.1, 0.15) is 0 Å². The van der Waals surface area contributed by atoms with Crippen LogP contribution in [0, 0.1) is 5.92 Å². The van der Waals surface area contributed by atoms with E-state index in [-0.39, 0.29) is 17.1 Å². The van der Waals surface area contributed by atoms with Gasteiger partial charge in [0.15, 0.2) is 0 Å². The minimum Gasteiger partial charge on any atom is -0.550 e. The fraction of sp³-hybridized carbons (Fsp3) is 0.750. The van der Waals surface area contributed by atoms with Crippen LogP contribution >= 0.6 is 0 Å². The Balaban J connectivity index is -0.0000000522. The van der Waals surface area contributed by atoms with Crippen LogP contribution in [0.15, 0.2) is 0 Å². The summed E-state index contributed by atoms with van der Waals surface area (Å²) in [6, 6.07) is 0. The van der Waals surface area contributed by atoms with Crippen molar-refractivity contribution in [1.29, 1.82) is 0 Å². The van der Waals surface area contributed by atoms with Gasteiger partial charge in [-0.3, -0.25) is 0 Å². The summed E-state index contributed by atoms with van der Waals surface area (Å²) >= 11 is 0. The first-order chi connectivity index (χ1) is 5.73. The largest absolute Gasteiger partial charge is 2.00 e. The second kappa shape index (κ2) is 18.3. The molecule has 1 radical (unpaired) electrons. The van der Waals surface area contributed by atoms with E-state index in [1.807, 2.05) is 0 Å². The Kier molecular flexibility index (Phi) is 30.4. The van der Waals surface area contributed by atoms with Crippen molar-refractivity contribution >= 4 is 11.9 Å². The molecular formula is C8H17CuNO4. The maximum Gasteiger partial charge on any atom is 2.00 e. The first-order valence-corrected chi connectivity index (χ1v) is 3.79. The molecular weight excluding hydrogens is 238 g/mol. The van der Waals surface area contributed by atoms with Gasteiger partial charge in [0.2, 0.25) is 0 Å². The van der Waals surface area contributed by atoms with Crippen molar-refractivity contribution in [2.75, 3.05) is 6.54 Å². The van der Waals surface area contributed by atoms with E-state index in [1.165, 1.54) is 0 Å². The van der Waals surface area contributed by atoms with Gasteiger partial charge in [0.25, 0.3) is 0 Å². The number of nitrogens with two attached hydrogens (primary N) is 1. The summed E-state index contributed by atoms with van der Waals surface area (Å²) in [5.74, 6) is -1.50. The van der Waals surface area contributed by atoms with Crippen molar-refractivity contribution in [2.24, 2.45) is 11.7 Å². The van der Waals surface area contributed by atoms with Crippen molar-refractivity contribution in [3.63, 3.8) is 0 Å². The van der Waals surface area contributed by atoms with Gasteiger partial charge in [-0.2, -0.15) is 0 Å². The smallest absolute Gasteiger partial charge is 0.550 e. The molecule has 89 valence electrons. The van der Waals surface area contributed by atoms with Crippen LogP contribution in [-0.2, 0) is 26.7 Å². The molecule has 0 aliphatic rings. The third kappa shape index (κ3) is 615.